The zero-order chi connectivity index (χ0) is 14.8. The summed E-state index contributed by atoms with van der Waals surface area (Å²) in [5, 5.41) is 1.61. The first-order chi connectivity index (χ1) is 10.2. The molecular weight excluding hydrogens is 270 g/mol. The Morgan fingerprint density at radius 1 is 1.33 bits per heavy atom. The predicted molar refractivity (Wildman–Crippen MR) is 78.4 cm³/mol. The van der Waals surface area contributed by atoms with E-state index in [0.717, 1.165) is 11.8 Å². The number of carbonyl (C=O) groups excluding carboxylic acids is 1. The number of benzene rings is 1. The number of nitrogens with two attached hydrogens (primary N) is 1. The minimum atomic E-state index is -0.517. The van der Waals surface area contributed by atoms with Crippen LogP contribution in [0.2, 0.25) is 0 Å². The van der Waals surface area contributed by atoms with Gasteiger partial charge in [0.1, 0.15) is 6.10 Å². The quantitative estimate of drug-likeness (QED) is 0.490. The minimum Gasteiger partial charge on any atom is -0.363 e. The number of hydrogen-bond donors (Lipinski definition) is 2. The Morgan fingerprint density at radius 2 is 2.14 bits per heavy atom. The molecule has 2 heterocycles. The number of fused-ring (bicyclic) bond motifs is 1. The Balaban J connectivity index is 1.79. The van der Waals surface area contributed by atoms with E-state index in [1.54, 1.807) is 10.8 Å². The Labute approximate surface area is 121 Å². The van der Waals surface area contributed by atoms with E-state index in [2.05, 4.69) is 5.43 Å². The Hall–Kier alpha value is -2.18. The van der Waals surface area contributed by atoms with Gasteiger partial charge in [0.2, 0.25) is 0 Å². The van der Waals surface area contributed by atoms with E-state index in [9.17, 15) is 9.59 Å². The highest BCUT2D eigenvalue weighted by atomic mass is 16.5. The smallest absolute Gasteiger partial charge is 0.263 e. The molecule has 3 rings (SSSR count). The van der Waals surface area contributed by atoms with Gasteiger partial charge in [0, 0.05) is 11.6 Å². The average molecular weight is 287 g/mol. The summed E-state index contributed by atoms with van der Waals surface area (Å²) in [6.45, 7) is 0.442. The molecule has 0 radical (unpaired) electrons. The van der Waals surface area contributed by atoms with E-state index in [1.807, 2.05) is 30.3 Å². The van der Waals surface area contributed by atoms with Crippen molar-refractivity contribution < 1.29 is 9.53 Å². The van der Waals surface area contributed by atoms with Crippen LogP contribution in [-0.2, 0) is 16.1 Å². The van der Waals surface area contributed by atoms with E-state index in [-0.39, 0.29) is 17.6 Å². The van der Waals surface area contributed by atoms with Crippen LogP contribution in [0.5, 0.6) is 0 Å². The third kappa shape index (κ3) is 2.68. The zero-order valence-electron chi connectivity index (χ0n) is 11.5. The summed E-state index contributed by atoms with van der Waals surface area (Å²) >= 11 is 0. The molecule has 1 aromatic heterocycles. The van der Waals surface area contributed by atoms with Gasteiger partial charge in [-0.05, 0) is 30.4 Å². The lowest BCUT2D eigenvalue weighted by Crippen LogP contribution is -2.39. The molecule has 110 valence electrons. The van der Waals surface area contributed by atoms with Gasteiger partial charge in [-0.3, -0.25) is 15.0 Å². The lowest BCUT2D eigenvalue weighted by Gasteiger charge is -2.14. The number of nitrogens with zero attached hydrogens (tertiary/aromatic N) is 1. The first-order valence-electron chi connectivity index (χ1n) is 6.93. The van der Waals surface area contributed by atoms with E-state index in [0.29, 0.717) is 18.4 Å². The topological polar surface area (TPSA) is 86.4 Å². The maximum absolute atomic E-state index is 12.4. The van der Waals surface area contributed by atoms with Gasteiger partial charge in [-0.25, -0.2) is 5.84 Å². The molecule has 0 aliphatic carbocycles. The second-order valence-corrected chi connectivity index (χ2v) is 5.19. The fourth-order valence-corrected chi connectivity index (χ4v) is 2.72. The van der Waals surface area contributed by atoms with Crippen molar-refractivity contribution in [2.24, 2.45) is 5.84 Å². The molecule has 3 N–H and O–H groups in total. The first-order valence-corrected chi connectivity index (χ1v) is 6.93. The maximum atomic E-state index is 12.4. The van der Waals surface area contributed by atoms with Gasteiger partial charge in [-0.1, -0.05) is 18.2 Å². The zero-order valence-corrected chi connectivity index (χ0v) is 11.5. The highest BCUT2D eigenvalue weighted by molar-refractivity contribution is 5.81. The highest BCUT2D eigenvalue weighted by Gasteiger charge is 2.30. The van der Waals surface area contributed by atoms with Gasteiger partial charge in [-0.2, -0.15) is 0 Å². The molecule has 2 atom stereocenters. The number of nitrogens with one attached hydrogen (secondary N) is 1. The van der Waals surface area contributed by atoms with Crippen LogP contribution >= 0.6 is 0 Å². The first kappa shape index (κ1) is 13.8. The molecule has 1 aromatic carbocycles. The highest BCUT2D eigenvalue weighted by Crippen LogP contribution is 2.21. The number of amides is 1. The molecule has 2 aromatic rings. The normalized spacial score (nSPS) is 21.6. The molecule has 2 unspecified atom stereocenters. The largest absolute Gasteiger partial charge is 0.363 e. The van der Waals surface area contributed by atoms with Crippen molar-refractivity contribution in [3.05, 3.63) is 46.9 Å². The second-order valence-electron chi connectivity index (χ2n) is 5.19. The molecule has 0 spiro atoms. The third-order valence-corrected chi connectivity index (χ3v) is 3.83. The van der Waals surface area contributed by atoms with Crippen molar-refractivity contribution in [1.82, 2.24) is 9.99 Å². The number of aromatic nitrogens is 1. The number of rotatable bonds is 3. The Morgan fingerprint density at radius 3 is 2.95 bits per heavy atom. The third-order valence-electron chi connectivity index (χ3n) is 3.83. The molecule has 0 bridgehead atoms. The summed E-state index contributed by atoms with van der Waals surface area (Å²) in [5.74, 6) is 4.79. The molecular formula is C15H17N3O3. The predicted octanol–water partition coefficient (Wildman–Crippen LogP) is 0.539. The van der Waals surface area contributed by atoms with E-state index < -0.39 is 6.10 Å². The van der Waals surface area contributed by atoms with Gasteiger partial charge in [0.05, 0.1) is 12.6 Å². The SMILES string of the molecule is NNC(=O)C1CCC(Cn2ccc3ccccc3c2=O)O1. The minimum absolute atomic E-state index is 0.0385. The van der Waals surface area contributed by atoms with Gasteiger partial charge >= 0.3 is 0 Å². The molecule has 1 aliphatic rings. The summed E-state index contributed by atoms with van der Waals surface area (Å²) < 4.78 is 7.27. The summed E-state index contributed by atoms with van der Waals surface area (Å²) in [6.07, 6.45) is 2.46. The van der Waals surface area contributed by atoms with Crippen LogP contribution in [0.15, 0.2) is 41.3 Å². The molecule has 0 saturated carbocycles. The van der Waals surface area contributed by atoms with Crippen LogP contribution in [-0.4, -0.2) is 22.7 Å². The van der Waals surface area contributed by atoms with Crippen LogP contribution in [0, 0.1) is 0 Å². The summed E-state index contributed by atoms with van der Waals surface area (Å²) in [4.78, 5) is 23.8. The van der Waals surface area contributed by atoms with E-state index >= 15 is 0 Å². The second kappa shape index (κ2) is 5.67. The number of ether oxygens (including phenoxy) is 1. The molecule has 6 heteroatoms. The molecule has 21 heavy (non-hydrogen) atoms. The lowest BCUT2D eigenvalue weighted by molar-refractivity contribution is -0.132. The average Bonchev–Trinajstić information content (AvgIpc) is 2.98. The molecule has 1 fully saturated rings. The monoisotopic (exact) mass is 287 g/mol. The fraction of sp³-hybridized carbons (Fsp3) is 0.333. The Bertz CT molecular complexity index is 725. The van der Waals surface area contributed by atoms with Crippen molar-refractivity contribution in [2.45, 2.75) is 31.6 Å². The molecule has 1 saturated heterocycles. The van der Waals surface area contributed by atoms with Crippen LogP contribution in [0.1, 0.15) is 12.8 Å². The molecule has 6 nitrogen and oxygen atoms in total. The van der Waals surface area contributed by atoms with Crippen molar-refractivity contribution in [2.75, 3.05) is 0 Å². The number of carbonyl (C=O) groups is 1. The standard InChI is InChI=1S/C15H17N3O3/c16-17-14(19)13-6-5-11(21-13)9-18-8-7-10-3-1-2-4-12(10)15(18)20/h1-4,7-8,11,13H,5-6,9,16H2,(H,17,19). The lowest BCUT2D eigenvalue weighted by atomic mass is 10.1. The molecule has 1 amide bonds. The summed E-state index contributed by atoms with van der Waals surface area (Å²) in [6, 6.07) is 9.39. The van der Waals surface area contributed by atoms with Crippen LogP contribution < -0.4 is 16.8 Å². The maximum Gasteiger partial charge on any atom is 0.263 e. The number of pyridine rings is 1. The van der Waals surface area contributed by atoms with E-state index in [1.165, 1.54) is 0 Å². The van der Waals surface area contributed by atoms with E-state index in [4.69, 9.17) is 10.6 Å². The Kier molecular flexibility index (Phi) is 3.72. The van der Waals surface area contributed by atoms with Crippen LogP contribution in [0.3, 0.4) is 0 Å². The van der Waals surface area contributed by atoms with Crippen molar-refractivity contribution in [3.8, 4) is 0 Å². The number of hydrogen-bond acceptors (Lipinski definition) is 4. The molecule has 1 aliphatic heterocycles. The van der Waals surface area contributed by atoms with Crippen LogP contribution in [0.4, 0.5) is 0 Å². The van der Waals surface area contributed by atoms with Gasteiger partial charge in [0.25, 0.3) is 11.5 Å². The van der Waals surface area contributed by atoms with Crippen molar-refractivity contribution in [1.29, 1.82) is 0 Å². The number of hydrazine groups is 1. The summed E-state index contributed by atoms with van der Waals surface area (Å²) in [5.41, 5.74) is 2.06. The van der Waals surface area contributed by atoms with Crippen LogP contribution in [0.25, 0.3) is 10.8 Å². The van der Waals surface area contributed by atoms with Gasteiger partial charge < -0.3 is 9.30 Å². The summed E-state index contributed by atoms with van der Waals surface area (Å²) in [7, 11) is 0. The fourth-order valence-electron chi connectivity index (χ4n) is 2.72. The van der Waals surface area contributed by atoms with Gasteiger partial charge in [0.15, 0.2) is 0 Å². The van der Waals surface area contributed by atoms with Crippen molar-refractivity contribution >= 4 is 16.7 Å². The van der Waals surface area contributed by atoms with Crippen molar-refractivity contribution in [3.63, 3.8) is 0 Å². The van der Waals surface area contributed by atoms with Gasteiger partial charge in [-0.15, -0.1) is 0 Å².